The Hall–Kier alpha value is -2.63. The smallest absolute Gasteiger partial charge is 0.202 e. The first-order valence-electron chi connectivity index (χ1n) is 8.38. The van der Waals surface area contributed by atoms with Crippen molar-refractivity contribution in [1.82, 2.24) is 15.8 Å². The molecule has 29 heavy (non-hydrogen) atoms. The van der Waals surface area contributed by atoms with E-state index >= 15 is 0 Å². The first-order valence-corrected chi connectivity index (χ1v) is 10.2. The van der Waals surface area contributed by atoms with Gasteiger partial charge in [0.2, 0.25) is 5.82 Å². The lowest BCUT2D eigenvalue weighted by atomic mass is 10.3. The molecule has 2 aromatic carbocycles. The number of nitrogens with one attached hydrogen (secondary N) is 2. The highest BCUT2D eigenvalue weighted by atomic mass is 79.9. The quantitative estimate of drug-likeness (QED) is 0.144. The van der Waals surface area contributed by atoms with Crippen LogP contribution in [0.25, 0.3) is 0 Å². The summed E-state index contributed by atoms with van der Waals surface area (Å²) in [6.45, 7) is 0.568. The van der Waals surface area contributed by atoms with Crippen molar-refractivity contribution in [3.63, 3.8) is 0 Å². The van der Waals surface area contributed by atoms with Crippen molar-refractivity contribution >= 4 is 45.0 Å². The zero-order valence-electron chi connectivity index (χ0n) is 15.2. The summed E-state index contributed by atoms with van der Waals surface area (Å²) in [7, 11) is 1.63. The lowest BCUT2D eigenvalue weighted by Crippen LogP contribution is -2.22. The molecule has 3 aromatic rings. The molecule has 1 aromatic heterocycles. The molecule has 0 unspecified atom stereocenters. The average molecular weight is 482 g/mol. The first-order chi connectivity index (χ1) is 14.1. The number of thioether (sulfide) groups is 1. The predicted molar refractivity (Wildman–Crippen MR) is 112 cm³/mol. The molecule has 0 aliphatic carbocycles. The van der Waals surface area contributed by atoms with Gasteiger partial charge >= 0.3 is 0 Å². The van der Waals surface area contributed by atoms with Crippen molar-refractivity contribution in [2.75, 3.05) is 24.7 Å². The van der Waals surface area contributed by atoms with Gasteiger partial charge in [0.1, 0.15) is 11.6 Å². The monoisotopic (exact) mass is 481 g/mol. The number of aromatic nitrogens is 2. The Morgan fingerprint density at radius 1 is 1.28 bits per heavy atom. The molecular weight excluding hydrogens is 465 g/mol. The van der Waals surface area contributed by atoms with Gasteiger partial charge in [-0.3, -0.25) is 10.7 Å². The SMILES string of the molecule is COc1ccc(SCCNc2nonc2C(=Nc2ccc(F)c(Br)c2)NO)cc1. The zero-order valence-corrected chi connectivity index (χ0v) is 17.6. The maximum atomic E-state index is 13.4. The Morgan fingerprint density at radius 3 is 2.76 bits per heavy atom. The van der Waals surface area contributed by atoms with Crippen LogP contribution in [0, 0.1) is 5.82 Å². The molecule has 8 nitrogen and oxygen atoms in total. The summed E-state index contributed by atoms with van der Waals surface area (Å²) in [5, 5.41) is 20.1. The van der Waals surface area contributed by atoms with Crippen molar-refractivity contribution in [3.8, 4) is 5.75 Å². The van der Waals surface area contributed by atoms with E-state index in [1.54, 1.807) is 18.9 Å². The highest BCUT2D eigenvalue weighted by Crippen LogP contribution is 2.24. The molecule has 0 aliphatic heterocycles. The lowest BCUT2D eigenvalue weighted by molar-refractivity contribution is 0.234. The number of methoxy groups -OCH3 is 1. The average Bonchev–Trinajstić information content (AvgIpc) is 3.20. The zero-order chi connectivity index (χ0) is 20.6. The van der Waals surface area contributed by atoms with Gasteiger partial charge < -0.3 is 10.1 Å². The lowest BCUT2D eigenvalue weighted by Gasteiger charge is -2.06. The minimum absolute atomic E-state index is 0.00932. The summed E-state index contributed by atoms with van der Waals surface area (Å²) < 4.78 is 23.5. The summed E-state index contributed by atoms with van der Waals surface area (Å²) in [6, 6.07) is 12.0. The van der Waals surface area contributed by atoms with E-state index in [0.717, 1.165) is 16.4 Å². The molecule has 0 atom stereocenters. The normalized spacial score (nSPS) is 11.4. The highest BCUT2D eigenvalue weighted by Gasteiger charge is 2.16. The summed E-state index contributed by atoms with van der Waals surface area (Å²) in [5.41, 5.74) is 2.57. The van der Waals surface area contributed by atoms with Crippen LogP contribution in [0.5, 0.6) is 5.75 Å². The molecule has 1 heterocycles. The van der Waals surface area contributed by atoms with Gasteiger partial charge in [0.25, 0.3) is 0 Å². The van der Waals surface area contributed by atoms with Gasteiger partial charge in [-0.05, 0) is 68.7 Å². The van der Waals surface area contributed by atoms with Crippen LogP contribution in [-0.4, -0.2) is 40.8 Å². The van der Waals surface area contributed by atoms with E-state index in [1.807, 2.05) is 29.7 Å². The van der Waals surface area contributed by atoms with Gasteiger partial charge in [-0.2, -0.15) is 0 Å². The number of anilines is 1. The fourth-order valence-corrected chi connectivity index (χ4v) is 3.42. The minimum Gasteiger partial charge on any atom is -0.497 e. The standard InChI is InChI=1S/C18H17BrFN5O3S/c1-27-12-3-5-13(6-4-12)29-9-8-21-17-16(24-28-25-17)18(23-26)22-11-2-7-15(20)14(19)10-11/h2-7,10,26H,8-9H2,1H3,(H,21,25)(H,22,23). The molecule has 0 amide bonds. The van der Waals surface area contributed by atoms with Gasteiger partial charge in [0.15, 0.2) is 11.5 Å². The van der Waals surface area contributed by atoms with Gasteiger partial charge in [0, 0.05) is 17.2 Å². The number of hydrogen-bond donors (Lipinski definition) is 3. The summed E-state index contributed by atoms with van der Waals surface area (Å²) in [5.74, 6) is 1.48. The molecule has 0 saturated heterocycles. The third-order valence-electron chi connectivity index (χ3n) is 3.69. The molecule has 0 aliphatic rings. The molecule has 11 heteroatoms. The number of hydrogen-bond acceptors (Lipinski definition) is 8. The second-order valence-electron chi connectivity index (χ2n) is 5.58. The van der Waals surface area contributed by atoms with Crippen LogP contribution in [0.1, 0.15) is 5.69 Å². The van der Waals surface area contributed by atoms with Crippen molar-refractivity contribution in [1.29, 1.82) is 0 Å². The molecule has 3 rings (SSSR count). The van der Waals surface area contributed by atoms with Crippen LogP contribution in [0.3, 0.4) is 0 Å². The van der Waals surface area contributed by atoms with Crippen molar-refractivity contribution in [2.45, 2.75) is 4.90 Å². The van der Waals surface area contributed by atoms with E-state index in [2.05, 4.69) is 36.6 Å². The number of rotatable bonds is 8. The molecule has 3 N–H and O–H groups in total. The van der Waals surface area contributed by atoms with Crippen LogP contribution in [-0.2, 0) is 0 Å². The Morgan fingerprint density at radius 2 is 2.07 bits per heavy atom. The summed E-state index contributed by atoms with van der Waals surface area (Å²) in [6.07, 6.45) is 0. The Labute approximate surface area is 178 Å². The van der Waals surface area contributed by atoms with E-state index < -0.39 is 5.82 Å². The molecule has 0 bridgehead atoms. The largest absolute Gasteiger partial charge is 0.497 e. The molecule has 0 saturated carbocycles. The minimum atomic E-state index is -0.415. The van der Waals surface area contributed by atoms with Crippen LogP contribution in [0.2, 0.25) is 0 Å². The number of benzene rings is 2. The van der Waals surface area contributed by atoms with E-state index in [0.29, 0.717) is 18.1 Å². The van der Waals surface area contributed by atoms with E-state index in [4.69, 9.17) is 9.37 Å². The molecule has 152 valence electrons. The number of ether oxygens (including phenoxy) is 1. The summed E-state index contributed by atoms with van der Waals surface area (Å²) in [4.78, 5) is 5.32. The van der Waals surface area contributed by atoms with Gasteiger partial charge in [-0.1, -0.05) is 0 Å². The van der Waals surface area contributed by atoms with Gasteiger partial charge in [0.05, 0.1) is 17.3 Å². The first kappa shape index (κ1) is 21.1. The Kier molecular flexibility index (Phi) is 7.44. The van der Waals surface area contributed by atoms with Crippen molar-refractivity contribution in [2.24, 2.45) is 4.99 Å². The number of halogens is 2. The third kappa shape index (κ3) is 5.68. The van der Waals surface area contributed by atoms with E-state index in [1.165, 1.54) is 18.2 Å². The molecule has 0 radical (unpaired) electrons. The van der Waals surface area contributed by atoms with Crippen molar-refractivity contribution < 1.29 is 19.0 Å². The van der Waals surface area contributed by atoms with Crippen LogP contribution in [0.4, 0.5) is 15.9 Å². The Bertz CT molecular complexity index is 984. The second-order valence-corrected chi connectivity index (χ2v) is 7.61. The van der Waals surface area contributed by atoms with Gasteiger partial charge in [-0.25, -0.2) is 14.0 Å². The maximum Gasteiger partial charge on any atom is 0.202 e. The fourth-order valence-electron chi connectivity index (χ4n) is 2.28. The predicted octanol–water partition coefficient (Wildman–Crippen LogP) is 4.24. The van der Waals surface area contributed by atoms with Crippen molar-refractivity contribution in [3.05, 3.63) is 58.4 Å². The summed E-state index contributed by atoms with van der Waals surface area (Å²) >= 11 is 4.75. The third-order valence-corrected chi connectivity index (χ3v) is 5.31. The van der Waals surface area contributed by atoms with Gasteiger partial charge in [-0.15, -0.1) is 11.8 Å². The van der Waals surface area contributed by atoms with Crippen LogP contribution < -0.4 is 15.5 Å². The molecular formula is C18H17BrFN5O3S. The topological polar surface area (TPSA) is 105 Å². The maximum absolute atomic E-state index is 13.4. The van der Waals surface area contributed by atoms with E-state index in [-0.39, 0.29) is 16.0 Å². The second kappa shape index (κ2) is 10.2. The molecule has 0 fully saturated rings. The number of nitrogens with zero attached hydrogens (tertiary/aromatic N) is 3. The number of amidine groups is 1. The van der Waals surface area contributed by atoms with Crippen LogP contribution >= 0.6 is 27.7 Å². The Balaban J connectivity index is 1.62. The number of hydroxylamine groups is 1. The van der Waals surface area contributed by atoms with E-state index in [9.17, 15) is 9.60 Å². The molecule has 0 spiro atoms. The highest BCUT2D eigenvalue weighted by molar-refractivity contribution is 9.10. The number of aliphatic imine (C=N–C) groups is 1. The van der Waals surface area contributed by atoms with Crippen LogP contribution in [0.15, 0.2) is 61.5 Å². The fraction of sp³-hybridized carbons (Fsp3) is 0.167.